The molecule has 0 amide bonds. The number of nitrogens with two attached hydrogens (primary N) is 1. The predicted molar refractivity (Wildman–Crippen MR) is 69.4 cm³/mol. The Morgan fingerprint density at radius 2 is 2.33 bits per heavy atom. The van der Waals surface area contributed by atoms with E-state index in [-0.39, 0.29) is 10.9 Å². The number of hydrogen-bond donors (Lipinski definition) is 1. The Kier molecular flexibility index (Phi) is 3.99. The van der Waals surface area contributed by atoms with Crippen molar-refractivity contribution in [3.63, 3.8) is 0 Å². The molecular weight excluding hydrogens is 250 g/mol. The van der Waals surface area contributed by atoms with Gasteiger partial charge < -0.3 is 5.73 Å². The summed E-state index contributed by atoms with van der Waals surface area (Å²) in [6.45, 7) is 2.96. The van der Waals surface area contributed by atoms with Crippen molar-refractivity contribution >= 4 is 10.0 Å². The molecule has 0 radical (unpaired) electrons. The Hall–Kier alpha value is -0.980. The highest BCUT2D eigenvalue weighted by Crippen LogP contribution is 2.28. The summed E-state index contributed by atoms with van der Waals surface area (Å²) < 4.78 is 26.6. The molecule has 0 spiro atoms. The lowest BCUT2D eigenvalue weighted by atomic mass is 9.93. The van der Waals surface area contributed by atoms with Crippen molar-refractivity contribution in [2.24, 2.45) is 11.7 Å². The first-order valence-electron chi connectivity index (χ1n) is 6.19. The third-order valence-electron chi connectivity index (χ3n) is 3.55. The molecular formula is C12H19N3O2S. The molecule has 18 heavy (non-hydrogen) atoms. The van der Waals surface area contributed by atoms with Crippen molar-refractivity contribution in [1.29, 1.82) is 0 Å². The summed E-state index contributed by atoms with van der Waals surface area (Å²) in [5, 5.41) is 0. The summed E-state index contributed by atoms with van der Waals surface area (Å²) in [4.78, 5) is 4.13. The highest BCUT2D eigenvalue weighted by Gasteiger charge is 2.36. The Morgan fingerprint density at radius 1 is 1.56 bits per heavy atom. The molecule has 0 aromatic carbocycles. The normalized spacial score (nSPS) is 26.1. The lowest BCUT2D eigenvalue weighted by Gasteiger charge is -2.38. The van der Waals surface area contributed by atoms with Gasteiger partial charge in [0.05, 0.1) is 0 Å². The third-order valence-corrected chi connectivity index (χ3v) is 5.46. The van der Waals surface area contributed by atoms with E-state index >= 15 is 0 Å². The van der Waals surface area contributed by atoms with Gasteiger partial charge in [-0.3, -0.25) is 4.98 Å². The lowest BCUT2D eigenvalue weighted by molar-refractivity contribution is 0.192. The Labute approximate surface area is 108 Å². The van der Waals surface area contributed by atoms with Crippen LogP contribution in [-0.2, 0) is 10.0 Å². The zero-order valence-electron chi connectivity index (χ0n) is 10.5. The van der Waals surface area contributed by atoms with Gasteiger partial charge in [0.2, 0.25) is 10.0 Å². The molecule has 0 aliphatic carbocycles. The molecule has 2 rings (SSSR count). The second kappa shape index (κ2) is 5.34. The number of rotatable bonds is 3. The first-order valence-corrected chi connectivity index (χ1v) is 7.63. The SMILES string of the molecule is C[C@@H]1CCCN(S(=O)(=O)c2cccnc2)[C@@H]1CN. The second-order valence-electron chi connectivity index (χ2n) is 4.73. The highest BCUT2D eigenvalue weighted by atomic mass is 32.2. The molecule has 5 nitrogen and oxygen atoms in total. The quantitative estimate of drug-likeness (QED) is 0.881. The standard InChI is InChI=1S/C12H19N3O2S/c1-10-4-3-7-15(12(10)8-13)18(16,17)11-5-2-6-14-9-11/h2,5-6,9-10,12H,3-4,7-8,13H2,1H3/t10-,12-/m1/s1. The number of piperidine rings is 1. The van der Waals surface area contributed by atoms with Gasteiger partial charge in [-0.25, -0.2) is 8.42 Å². The maximum atomic E-state index is 12.5. The third kappa shape index (κ3) is 2.41. The molecule has 1 aliphatic rings. The molecule has 1 saturated heterocycles. The van der Waals surface area contributed by atoms with Crippen LogP contribution in [0.3, 0.4) is 0 Å². The van der Waals surface area contributed by atoms with Gasteiger partial charge in [-0.2, -0.15) is 4.31 Å². The zero-order valence-corrected chi connectivity index (χ0v) is 11.3. The first-order chi connectivity index (χ1) is 8.57. The highest BCUT2D eigenvalue weighted by molar-refractivity contribution is 7.89. The average molecular weight is 269 g/mol. The monoisotopic (exact) mass is 269 g/mol. The van der Waals surface area contributed by atoms with Gasteiger partial charge in [0.15, 0.2) is 0 Å². The maximum Gasteiger partial charge on any atom is 0.244 e. The summed E-state index contributed by atoms with van der Waals surface area (Å²) in [6.07, 6.45) is 4.87. The minimum Gasteiger partial charge on any atom is -0.329 e. The minimum atomic E-state index is -3.47. The predicted octanol–water partition coefficient (Wildman–Crippen LogP) is 0.830. The Morgan fingerprint density at radius 3 is 2.94 bits per heavy atom. The van der Waals surface area contributed by atoms with Gasteiger partial charge in [0, 0.05) is 31.5 Å². The Balaban J connectivity index is 2.34. The van der Waals surface area contributed by atoms with E-state index in [1.165, 1.54) is 10.5 Å². The van der Waals surface area contributed by atoms with Crippen LogP contribution in [0.4, 0.5) is 0 Å². The molecule has 2 N–H and O–H groups in total. The molecule has 1 fully saturated rings. The van der Waals surface area contributed by atoms with E-state index in [4.69, 9.17) is 5.73 Å². The molecule has 1 aromatic rings. The fraction of sp³-hybridized carbons (Fsp3) is 0.583. The molecule has 2 heterocycles. The smallest absolute Gasteiger partial charge is 0.244 e. The number of sulfonamides is 1. The van der Waals surface area contributed by atoms with Gasteiger partial charge in [-0.1, -0.05) is 6.92 Å². The summed E-state index contributed by atoms with van der Waals surface area (Å²) in [5.74, 6) is 0.301. The van der Waals surface area contributed by atoms with E-state index in [1.807, 2.05) is 0 Å². The van der Waals surface area contributed by atoms with Crippen LogP contribution in [-0.4, -0.2) is 36.8 Å². The van der Waals surface area contributed by atoms with Crippen molar-refractivity contribution in [3.05, 3.63) is 24.5 Å². The number of pyridine rings is 1. The molecule has 0 unspecified atom stereocenters. The minimum absolute atomic E-state index is 0.107. The largest absolute Gasteiger partial charge is 0.329 e. The van der Waals surface area contributed by atoms with Gasteiger partial charge in [-0.05, 0) is 30.9 Å². The Bertz CT molecular complexity index is 489. The van der Waals surface area contributed by atoms with Crippen LogP contribution in [0.2, 0.25) is 0 Å². The fourth-order valence-corrected chi connectivity index (χ4v) is 4.23. The van der Waals surface area contributed by atoms with Gasteiger partial charge in [0.25, 0.3) is 0 Å². The number of aromatic nitrogens is 1. The molecule has 0 saturated carbocycles. The second-order valence-corrected chi connectivity index (χ2v) is 6.62. The number of nitrogens with zero attached hydrogens (tertiary/aromatic N) is 2. The van der Waals surface area contributed by atoms with Crippen molar-refractivity contribution in [3.8, 4) is 0 Å². The summed E-state index contributed by atoms with van der Waals surface area (Å²) in [6, 6.07) is 3.11. The van der Waals surface area contributed by atoms with E-state index in [0.717, 1.165) is 12.8 Å². The van der Waals surface area contributed by atoms with Crippen molar-refractivity contribution in [1.82, 2.24) is 9.29 Å². The van der Waals surface area contributed by atoms with Crippen LogP contribution in [0, 0.1) is 5.92 Å². The summed E-state index contributed by atoms with van der Waals surface area (Å²) in [7, 11) is -3.47. The van der Waals surface area contributed by atoms with Crippen LogP contribution in [0.15, 0.2) is 29.4 Å². The van der Waals surface area contributed by atoms with Crippen molar-refractivity contribution < 1.29 is 8.42 Å². The molecule has 1 aromatic heterocycles. The van der Waals surface area contributed by atoms with E-state index in [0.29, 0.717) is 19.0 Å². The average Bonchev–Trinajstić information content (AvgIpc) is 2.39. The number of hydrogen-bond acceptors (Lipinski definition) is 4. The van der Waals surface area contributed by atoms with E-state index < -0.39 is 10.0 Å². The van der Waals surface area contributed by atoms with E-state index in [1.54, 1.807) is 18.3 Å². The van der Waals surface area contributed by atoms with E-state index in [2.05, 4.69) is 11.9 Å². The lowest BCUT2D eigenvalue weighted by Crippen LogP contribution is -2.51. The molecule has 0 bridgehead atoms. The topological polar surface area (TPSA) is 76.3 Å². The van der Waals surface area contributed by atoms with Crippen molar-refractivity contribution in [2.75, 3.05) is 13.1 Å². The van der Waals surface area contributed by atoms with Crippen LogP contribution in [0.25, 0.3) is 0 Å². The zero-order chi connectivity index (χ0) is 13.2. The molecule has 2 atom stereocenters. The van der Waals surface area contributed by atoms with Crippen LogP contribution >= 0.6 is 0 Å². The fourth-order valence-electron chi connectivity index (χ4n) is 2.49. The maximum absolute atomic E-state index is 12.5. The summed E-state index contributed by atoms with van der Waals surface area (Å²) >= 11 is 0. The molecule has 1 aliphatic heterocycles. The van der Waals surface area contributed by atoms with Crippen molar-refractivity contribution in [2.45, 2.75) is 30.7 Å². The van der Waals surface area contributed by atoms with Gasteiger partial charge in [0.1, 0.15) is 4.90 Å². The molecule has 6 heteroatoms. The van der Waals surface area contributed by atoms with E-state index in [9.17, 15) is 8.42 Å². The van der Waals surface area contributed by atoms with Gasteiger partial charge in [-0.15, -0.1) is 0 Å². The first kappa shape index (κ1) is 13.5. The van der Waals surface area contributed by atoms with Crippen LogP contribution in [0.5, 0.6) is 0 Å². The van der Waals surface area contributed by atoms with Crippen LogP contribution < -0.4 is 5.73 Å². The van der Waals surface area contributed by atoms with Gasteiger partial charge >= 0.3 is 0 Å². The van der Waals surface area contributed by atoms with Crippen LogP contribution in [0.1, 0.15) is 19.8 Å². The molecule has 100 valence electrons. The summed E-state index contributed by atoms with van der Waals surface area (Å²) in [5.41, 5.74) is 5.74.